The van der Waals surface area contributed by atoms with Crippen molar-refractivity contribution in [2.24, 2.45) is 29.3 Å². The molecule has 35 heteroatoms. The number of primary amides is 1. The van der Waals surface area contributed by atoms with Crippen LogP contribution in [0.5, 0.6) is 11.5 Å². The second kappa shape index (κ2) is 58.2. The minimum absolute atomic E-state index is 0. The molecule has 1 unspecified atom stereocenters. The molecule has 3 amide bonds. The maximum Gasteiger partial charge on any atom is 2.00 e. The number of ether oxygens (including phenoxy) is 3. The third kappa shape index (κ3) is 44.5. The van der Waals surface area contributed by atoms with Crippen LogP contribution in [0, 0.1) is 22.3 Å². The number of rotatable bonds is 14. The van der Waals surface area contributed by atoms with Crippen molar-refractivity contribution in [1.82, 2.24) is 40.3 Å². The number of hydrogen-bond acceptors (Lipinski definition) is 20. The van der Waals surface area contributed by atoms with E-state index in [2.05, 4.69) is 80.7 Å². The van der Waals surface area contributed by atoms with Crippen molar-refractivity contribution in [1.29, 1.82) is 0 Å². The first-order chi connectivity index (χ1) is 42.6. The number of ketones is 2. The van der Waals surface area contributed by atoms with Crippen molar-refractivity contribution in [3.8, 4) is 11.5 Å². The van der Waals surface area contributed by atoms with Crippen molar-refractivity contribution in [2.45, 2.75) is 78.7 Å². The van der Waals surface area contributed by atoms with E-state index in [1.54, 1.807) is 66.6 Å². The van der Waals surface area contributed by atoms with E-state index in [0.717, 1.165) is 34.3 Å². The van der Waals surface area contributed by atoms with Gasteiger partial charge in [0.1, 0.15) is 21.3 Å². The molecule has 6 heterocycles. The monoisotopic (exact) mass is 1640 g/mol. The summed E-state index contributed by atoms with van der Waals surface area (Å²) in [5, 5.41) is 16.3. The van der Waals surface area contributed by atoms with Crippen molar-refractivity contribution < 1.29 is 69.9 Å². The maximum absolute atomic E-state index is 11.5. The van der Waals surface area contributed by atoms with E-state index in [-0.39, 0.29) is 80.4 Å². The van der Waals surface area contributed by atoms with Gasteiger partial charge >= 0.3 is 23.1 Å². The van der Waals surface area contributed by atoms with Gasteiger partial charge in [0.25, 0.3) is 6.47 Å². The average molecular weight is 1650 g/mol. The Labute approximate surface area is 621 Å². The summed E-state index contributed by atoms with van der Waals surface area (Å²) in [6, 6.07) is 11.3. The van der Waals surface area contributed by atoms with Crippen LogP contribution in [0.1, 0.15) is 115 Å². The Morgan fingerprint density at radius 3 is 1.49 bits per heavy atom. The number of aromatic nitrogens is 6. The molecule has 0 bridgehead atoms. The minimum atomic E-state index is -0.553. The van der Waals surface area contributed by atoms with Crippen LogP contribution >= 0.6 is 127 Å². The smallest absolute Gasteiger partial charge is 1.00 e. The molecule has 2 saturated carbocycles. The molecule has 8 rings (SSSR count). The fourth-order valence-corrected chi connectivity index (χ4v) is 7.99. The molecule has 0 aliphatic heterocycles. The quantitative estimate of drug-likeness (QED) is 0.00679. The number of nitrogens with zero attached hydrogens (tertiary/aromatic N) is 7. The molecule has 2 aliphatic rings. The molecule has 1 atom stereocenters. The van der Waals surface area contributed by atoms with E-state index in [0.29, 0.717) is 119 Å². The Hall–Kier alpha value is -4.18. The molecule has 23 nitrogen and oxygen atoms in total. The topological polar surface area (TPSA) is 350 Å². The van der Waals surface area contributed by atoms with Crippen LogP contribution in [0.2, 0.25) is 45.9 Å². The predicted octanol–water partition coefficient (Wildman–Crippen LogP) is 9.94. The van der Waals surface area contributed by atoms with E-state index >= 15 is 0 Å². The average Bonchev–Trinajstić information content (AvgIpc) is 2.98. The Morgan fingerprint density at radius 2 is 1.16 bits per heavy atom. The number of carbonyl (C=O) groups excluding carboxylic acids is 7. The molecule has 9 N–H and O–H groups in total. The van der Waals surface area contributed by atoms with Gasteiger partial charge in [0, 0.05) is 80.5 Å². The summed E-state index contributed by atoms with van der Waals surface area (Å²) in [4.78, 5) is 95.5. The zero-order chi connectivity index (χ0) is 69.5. The molecule has 0 spiro atoms. The van der Waals surface area contributed by atoms with Gasteiger partial charge in [0.05, 0.1) is 67.8 Å². The van der Waals surface area contributed by atoms with Crippen molar-refractivity contribution >= 4 is 198 Å². The number of pyridine rings is 6. The third-order valence-electron chi connectivity index (χ3n) is 9.89. The van der Waals surface area contributed by atoms with Crippen LogP contribution in [0.3, 0.4) is 0 Å². The number of amides is 3. The number of nitrogens with two attached hydrogens (primary N) is 3. The Bertz CT molecular complexity index is 3100. The third-order valence-corrected chi connectivity index (χ3v) is 13.2. The summed E-state index contributed by atoms with van der Waals surface area (Å²) in [6.07, 6.45) is 14.8. The molecule has 504 valence electrons. The summed E-state index contributed by atoms with van der Waals surface area (Å²) in [5.74, 6) is 11.1. The summed E-state index contributed by atoms with van der Waals surface area (Å²) in [7, 11) is 7.56. The molecule has 0 saturated heterocycles. The molecule has 92 heavy (non-hydrogen) atoms. The number of nitrogens with one attached hydrogen (secondary N) is 2. The number of carbonyl (C=O) groups is 7. The predicted molar refractivity (Wildman–Crippen MR) is 371 cm³/mol. The van der Waals surface area contributed by atoms with Crippen molar-refractivity contribution in [3.05, 3.63) is 158 Å². The van der Waals surface area contributed by atoms with Gasteiger partial charge in [-0.1, -0.05) is 125 Å². The minimum Gasteiger partial charge on any atom is -1.00 e. The zero-order valence-electron chi connectivity index (χ0n) is 51.4. The summed E-state index contributed by atoms with van der Waals surface area (Å²) in [6.45, 7) is 10.8. The number of aliphatic hydroxyl groups is 1. The SMILES string of the molecule is CCC(=O)c1cnc(Cl)cc1Cl.CCC(=O)c1cnc(NC(=O)C2CC2)cc1Cl.CCC(O)c1cnc(Cl)cc1Cl.CN(N)C=O.CNN.COC=O.COc1c(I)ccnc1Cl.COc1cccnc1Cl.NC(=O)C1CC1.O=Cc1cnc(Cl)cc1Cl.[Br-].[CH2-]C.[Mg+2]. The normalized spacial score (nSPS) is 10.8. The molecule has 0 aromatic carbocycles. The summed E-state index contributed by atoms with van der Waals surface area (Å²) >= 11 is 53.1. The van der Waals surface area contributed by atoms with Crippen LogP contribution in [0.4, 0.5) is 5.82 Å². The molecular weight excluding hydrogens is 1580 g/mol. The first-order valence-electron chi connectivity index (χ1n) is 26.0. The number of hydrazine groups is 2. The molecule has 6 aromatic rings. The summed E-state index contributed by atoms with van der Waals surface area (Å²) in [5.41, 5.74) is 8.93. The summed E-state index contributed by atoms with van der Waals surface area (Å²) < 4.78 is 14.7. The van der Waals surface area contributed by atoms with Gasteiger partial charge in [-0.3, -0.25) is 49.8 Å². The first kappa shape index (κ1) is 96.5. The van der Waals surface area contributed by atoms with Gasteiger partial charge in [-0.05, 0) is 98.1 Å². The molecule has 2 aliphatic carbocycles. The fraction of sp³-hybridized carbons (Fsp3) is 0.333. The molecule has 2 fully saturated rings. The number of Topliss-reactive ketones (excluding diaryl/α,β-unsaturated/α-hetero) is 2. The van der Waals surface area contributed by atoms with Gasteiger partial charge in [-0.25, -0.2) is 35.7 Å². The second-order valence-electron chi connectivity index (χ2n) is 16.6. The van der Waals surface area contributed by atoms with E-state index < -0.39 is 6.10 Å². The maximum atomic E-state index is 11.5. The molecule has 0 radical (unpaired) electrons. The number of hydrogen-bond donors (Lipinski definition) is 6. The molecule has 6 aromatic heterocycles. The number of aldehydes is 1. The van der Waals surface area contributed by atoms with Gasteiger partial charge in [0.15, 0.2) is 39.7 Å². The fourth-order valence-electron chi connectivity index (χ4n) is 5.13. The Morgan fingerprint density at radius 1 is 0.717 bits per heavy atom. The van der Waals surface area contributed by atoms with Gasteiger partial charge in [0.2, 0.25) is 18.2 Å². The van der Waals surface area contributed by atoms with Crippen molar-refractivity contribution in [3.63, 3.8) is 0 Å². The number of aliphatic hydroxyl groups excluding tert-OH is 1. The van der Waals surface area contributed by atoms with E-state index in [4.69, 9.17) is 130 Å². The van der Waals surface area contributed by atoms with Crippen LogP contribution in [-0.4, -0.2) is 141 Å². The Kier molecular flexibility index (Phi) is 61.0. The van der Waals surface area contributed by atoms with E-state index in [1.807, 2.05) is 13.0 Å². The van der Waals surface area contributed by atoms with Crippen molar-refractivity contribution in [2.75, 3.05) is 40.7 Å². The number of methoxy groups -OCH3 is 3. The number of halogens is 11. The van der Waals surface area contributed by atoms with E-state index in [9.17, 15) is 33.9 Å². The van der Waals surface area contributed by atoms with Crippen LogP contribution in [0.25, 0.3) is 0 Å². The van der Waals surface area contributed by atoms with E-state index in [1.165, 1.54) is 63.2 Å². The van der Waals surface area contributed by atoms with Gasteiger partial charge in [-0.2, -0.15) is 6.92 Å². The van der Waals surface area contributed by atoms with Crippen LogP contribution in [0.15, 0.2) is 79.6 Å². The molecular formula is C57H71BrCl9IMgN12O11. The first-order valence-corrected chi connectivity index (χ1v) is 30.5. The van der Waals surface area contributed by atoms with Crippen LogP contribution < -0.4 is 54.6 Å². The second-order valence-corrected chi connectivity index (χ2v) is 21.3. The Balaban J connectivity index is -0.000000312. The standard InChI is InChI=1S/C12H13ClN2O2.C8H9Cl2NO.C8H7Cl2NO.C6H3Cl2NO.C6H5ClINO.C6H6ClNO.C4H7NO.C2H6N2O.C2H4O2.C2H5.CH6N2.BrH.Mg/c1-2-10(16)8-6-14-11(5-9(8)13)15-12(17)7-3-4-7;2*1-2-7(12)5-4-11-8(10)3-6(5)9;7-5-1-6(8)9-2-4(5)3-10;1-10-5-4(8)2-3-9-6(5)7;1-9-5-3-2-4-8-6(5)7;5-4(6)3-1-2-3;1-4(3)2-5;1-4-2-3;1-2;1-3-2;;/h5-7H,2-4H2,1H3,(H,14,15,17);3-4,7,12H,2H2,1H3;3-4H,2H2,1H3;1-3H;2-3H,1H3;2-4H,1H3;3H,1-2H2,(H2,5,6);2H,3H2,1H3;2H,1H3;1H2,2H3;3H,2H2,1H3;1H;/q;;;;;;;;;-1;;;+2/p-1. The van der Waals surface area contributed by atoms with Gasteiger partial charge < -0.3 is 54.3 Å². The zero-order valence-corrected chi connectivity index (χ0v) is 63.3. The number of anilines is 1. The van der Waals surface area contributed by atoms with Crippen LogP contribution in [-0.2, 0) is 23.9 Å². The largest absolute Gasteiger partial charge is 2.00 e. The van der Waals surface area contributed by atoms with Gasteiger partial charge in [-0.15, -0.1) is 0 Å².